The topological polar surface area (TPSA) is 15.3 Å². The zero-order valence-electron chi connectivity index (χ0n) is 32.4. The van der Waals surface area contributed by atoms with Crippen molar-refractivity contribution in [1.29, 1.82) is 0 Å². The van der Waals surface area contributed by atoms with Gasteiger partial charge in [0.25, 0.3) is 0 Å². The van der Waals surface area contributed by atoms with Gasteiger partial charge in [-0.05, 0) is 133 Å². The summed E-state index contributed by atoms with van der Waals surface area (Å²) in [5.74, 6) is 0.327. The molecule has 59 heavy (non-hydrogen) atoms. The molecular weight excluding hydrogens is 733 g/mol. The first kappa shape index (κ1) is 35.0. The van der Waals surface area contributed by atoms with E-state index in [1.165, 1.54) is 69.9 Å². The van der Waals surface area contributed by atoms with Crippen LogP contribution in [0.1, 0.15) is 28.3 Å². The Morgan fingerprint density at radius 1 is 0.458 bits per heavy atom. The third-order valence-electron chi connectivity index (χ3n) is 11.8. The lowest BCUT2D eigenvalue weighted by Gasteiger charge is -2.26. The molecule has 0 saturated carbocycles. The highest BCUT2D eigenvalue weighted by atomic mass is 32.1. The van der Waals surface area contributed by atoms with Crippen LogP contribution in [0.15, 0.2) is 212 Å². The summed E-state index contributed by atoms with van der Waals surface area (Å²) in [5, 5.41) is 10.2. The van der Waals surface area contributed by atoms with Crippen molar-refractivity contribution < 1.29 is 0 Å². The van der Waals surface area contributed by atoms with Crippen LogP contribution in [0.3, 0.4) is 0 Å². The molecule has 0 spiro atoms. The summed E-state index contributed by atoms with van der Waals surface area (Å²) in [6.45, 7) is 0. The summed E-state index contributed by atoms with van der Waals surface area (Å²) < 4.78 is 1.36. The first-order valence-electron chi connectivity index (χ1n) is 20.4. The molecule has 1 heterocycles. The second kappa shape index (κ2) is 14.9. The van der Waals surface area contributed by atoms with Crippen LogP contribution >= 0.6 is 11.3 Å². The lowest BCUT2D eigenvalue weighted by Crippen LogP contribution is -2.09. The molecule has 1 unspecified atom stereocenters. The number of hydrogen-bond acceptors (Lipinski definition) is 3. The standard InChI is InChI=1S/C56H40N2S/c1-2-12-45(13-3-1)58(47-34-27-40(28-35-47)42-29-36-49-43(37-42)22-21-41-11-4-5-14-48(41)49)46-32-25-39(26-33-46)38-23-30-44(31-24-38)57-54-19-8-6-15-50(54)52-17-10-18-53-51-16-7-9-20-55(51)59-56(52)53/h1-16,18-37,52,57H,17H2. The van der Waals surface area contributed by atoms with Crippen LogP contribution in [0.4, 0.5) is 28.4 Å². The molecule has 1 aromatic heterocycles. The SMILES string of the molecule is C1=Cc2c(sc3ccccc23)C(c2ccccc2Nc2ccc(-c3ccc(N(c4ccccc4)c4ccc(-c5ccc6c(ccc7ccccc76)c5)cc4)cc3)cc2)C1. The molecule has 9 aromatic carbocycles. The van der Waals surface area contributed by atoms with E-state index in [9.17, 15) is 0 Å². The van der Waals surface area contributed by atoms with Crippen LogP contribution in [-0.4, -0.2) is 0 Å². The highest BCUT2D eigenvalue weighted by Gasteiger charge is 2.25. The summed E-state index contributed by atoms with van der Waals surface area (Å²) in [4.78, 5) is 3.79. The summed E-state index contributed by atoms with van der Waals surface area (Å²) in [7, 11) is 0. The number of benzene rings is 9. The van der Waals surface area contributed by atoms with Crippen LogP contribution in [0.25, 0.3) is 60.0 Å². The first-order valence-corrected chi connectivity index (χ1v) is 21.2. The smallest absolute Gasteiger partial charge is 0.0462 e. The molecule has 0 radical (unpaired) electrons. The van der Waals surface area contributed by atoms with E-state index in [4.69, 9.17) is 0 Å². The van der Waals surface area contributed by atoms with Crippen molar-refractivity contribution >= 4 is 77.5 Å². The number of rotatable bonds is 8. The van der Waals surface area contributed by atoms with E-state index < -0.39 is 0 Å². The maximum absolute atomic E-state index is 3.78. The minimum absolute atomic E-state index is 0.327. The van der Waals surface area contributed by atoms with Crippen LogP contribution in [0.5, 0.6) is 0 Å². The van der Waals surface area contributed by atoms with Gasteiger partial charge in [-0.1, -0.05) is 152 Å². The Balaban J connectivity index is 0.839. The third kappa shape index (κ3) is 6.56. The van der Waals surface area contributed by atoms with Crippen molar-refractivity contribution in [3.05, 3.63) is 228 Å². The number of nitrogens with one attached hydrogen (secondary N) is 1. The first-order chi connectivity index (χ1) is 29.2. The number of allylic oxidation sites excluding steroid dienone is 1. The Labute approximate surface area is 349 Å². The molecular formula is C56H40N2S. The van der Waals surface area contributed by atoms with Crippen LogP contribution in [0.2, 0.25) is 0 Å². The van der Waals surface area contributed by atoms with Gasteiger partial charge in [0.15, 0.2) is 0 Å². The van der Waals surface area contributed by atoms with Crippen molar-refractivity contribution in [2.24, 2.45) is 0 Å². The average Bonchev–Trinajstić information content (AvgIpc) is 3.69. The summed E-state index contributed by atoms with van der Waals surface area (Å²) in [6.07, 6.45) is 5.66. The molecule has 0 fully saturated rings. The van der Waals surface area contributed by atoms with Crippen molar-refractivity contribution in [3.63, 3.8) is 0 Å². The predicted molar refractivity (Wildman–Crippen MR) is 254 cm³/mol. The molecule has 0 saturated heterocycles. The van der Waals surface area contributed by atoms with E-state index in [0.29, 0.717) is 5.92 Å². The van der Waals surface area contributed by atoms with Crippen molar-refractivity contribution in [2.75, 3.05) is 10.2 Å². The van der Waals surface area contributed by atoms with Gasteiger partial charge in [0.05, 0.1) is 0 Å². The highest BCUT2D eigenvalue weighted by molar-refractivity contribution is 7.19. The Morgan fingerprint density at radius 3 is 1.81 bits per heavy atom. The van der Waals surface area contributed by atoms with E-state index >= 15 is 0 Å². The molecule has 2 nitrogen and oxygen atoms in total. The molecule has 0 amide bonds. The summed E-state index contributed by atoms with van der Waals surface area (Å²) >= 11 is 1.94. The number of nitrogens with zero attached hydrogens (tertiary/aromatic N) is 1. The fourth-order valence-corrected chi connectivity index (χ4v) is 10.2. The quantitative estimate of drug-likeness (QED) is 0.155. The van der Waals surface area contributed by atoms with E-state index in [1.54, 1.807) is 0 Å². The lowest BCUT2D eigenvalue weighted by molar-refractivity contribution is 0.842. The van der Waals surface area contributed by atoms with E-state index in [1.807, 2.05) is 11.3 Å². The van der Waals surface area contributed by atoms with Gasteiger partial charge in [-0.3, -0.25) is 0 Å². The predicted octanol–water partition coefficient (Wildman–Crippen LogP) is 16.3. The van der Waals surface area contributed by atoms with Crippen LogP contribution in [-0.2, 0) is 0 Å². The van der Waals surface area contributed by atoms with Gasteiger partial charge >= 0.3 is 0 Å². The van der Waals surface area contributed by atoms with Crippen molar-refractivity contribution in [2.45, 2.75) is 12.3 Å². The van der Waals surface area contributed by atoms with Crippen molar-refractivity contribution in [3.8, 4) is 22.3 Å². The van der Waals surface area contributed by atoms with Gasteiger partial charge in [-0.25, -0.2) is 0 Å². The number of anilines is 5. The monoisotopic (exact) mass is 772 g/mol. The van der Waals surface area contributed by atoms with Gasteiger partial charge in [0.1, 0.15) is 0 Å². The molecule has 1 aliphatic rings. The number of thiophene rings is 1. The van der Waals surface area contributed by atoms with E-state index in [-0.39, 0.29) is 0 Å². The Hall–Kier alpha value is -7.20. The van der Waals surface area contributed by atoms with Crippen LogP contribution < -0.4 is 10.2 Å². The molecule has 1 aliphatic carbocycles. The number of fused-ring (bicyclic) bond motifs is 6. The summed E-state index contributed by atoms with van der Waals surface area (Å²) in [5.41, 5.74) is 13.1. The molecule has 280 valence electrons. The third-order valence-corrected chi connectivity index (χ3v) is 13.1. The molecule has 1 atom stereocenters. The maximum atomic E-state index is 3.78. The molecule has 1 N–H and O–H groups in total. The molecule has 3 heteroatoms. The number of hydrogen-bond donors (Lipinski definition) is 1. The van der Waals surface area contributed by atoms with E-state index in [2.05, 4.69) is 229 Å². The largest absolute Gasteiger partial charge is 0.355 e. The molecule has 0 bridgehead atoms. The minimum Gasteiger partial charge on any atom is -0.355 e. The normalized spacial score (nSPS) is 13.5. The maximum Gasteiger partial charge on any atom is 0.0462 e. The van der Waals surface area contributed by atoms with Gasteiger partial charge in [-0.15, -0.1) is 11.3 Å². The Bertz CT molecular complexity index is 3140. The van der Waals surface area contributed by atoms with Crippen LogP contribution in [0, 0.1) is 0 Å². The zero-order valence-corrected chi connectivity index (χ0v) is 33.2. The lowest BCUT2D eigenvalue weighted by atomic mass is 9.86. The molecule has 0 aliphatic heterocycles. The molecule has 11 rings (SSSR count). The Kier molecular flexibility index (Phi) is 8.87. The fraction of sp³-hybridized carbons (Fsp3) is 0.0357. The van der Waals surface area contributed by atoms with Crippen molar-refractivity contribution in [1.82, 2.24) is 0 Å². The average molecular weight is 773 g/mol. The Morgan fingerprint density at radius 2 is 1.03 bits per heavy atom. The molecule has 10 aromatic rings. The van der Waals surface area contributed by atoms with Gasteiger partial charge in [0, 0.05) is 43.9 Å². The highest BCUT2D eigenvalue weighted by Crippen LogP contribution is 2.46. The van der Waals surface area contributed by atoms with Gasteiger partial charge in [0.2, 0.25) is 0 Å². The number of para-hydroxylation sites is 2. The zero-order chi connectivity index (χ0) is 39.1. The second-order valence-corrected chi connectivity index (χ2v) is 16.4. The fourth-order valence-electron chi connectivity index (χ4n) is 8.85. The second-order valence-electron chi connectivity index (χ2n) is 15.3. The van der Waals surface area contributed by atoms with E-state index in [0.717, 1.165) is 34.9 Å². The van der Waals surface area contributed by atoms with Gasteiger partial charge < -0.3 is 10.2 Å². The minimum atomic E-state index is 0.327. The van der Waals surface area contributed by atoms with Gasteiger partial charge in [-0.2, -0.15) is 0 Å². The summed E-state index contributed by atoms with van der Waals surface area (Å²) in [6, 6.07) is 74.8.